The number of hydrogen-bond donors (Lipinski definition) is 0. The van der Waals surface area contributed by atoms with Gasteiger partial charge in [0.25, 0.3) is 5.69 Å². The number of fused-ring (bicyclic) bond motifs is 5. The van der Waals surface area contributed by atoms with Crippen molar-refractivity contribution in [2.45, 2.75) is 45.8 Å². The van der Waals surface area contributed by atoms with Gasteiger partial charge in [0.05, 0.1) is 40.7 Å². The minimum absolute atomic E-state index is 0.162. The average molecular weight is 422 g/mol. The van der Waals surface area contributed by atoms with Crippen molar-refractivity contribution in [3.8, 4) is 11.5 Å². The number of carbonyl (C=O) groups is 2. The Morgan fingerprint density at radius 1 is 1.00 bits per heavy atom. The molecule has 2 aromatic carbocycles. The van der Waals surface area contributed by atoms with E-state index < -0.39 is 16.8 Å². The van der Waals surface area contributed by atoms with E-state index in [2.05, 4.69) is 0 Å². The molecule has 2 bridgehead atoms. The summed E-state index contributed by atoms with van der Waals surface area (Å²) in [6, 6.07) is 7.95. The van der Waals surface area contributed by atoms with Gasteiger partial charge in [0, 0.05) is 12.1 Å². The Balaban J connectivity index is 1.55. The quantitative estimate of drug-likeness (QED) is 0.420. The Morgan fingerprint density at radius 2 is 1.65 bits per heavy atom. The van der Waals surface area contributed by atoms with Crippen LogP contribution in [-0.4, -0.2) is 28.9 Å². The molecule has 5 rings (SSSR count). The Labute approximate surface area is 178 Å². The summed E-state index contributed by atoms with van der Waals surface area (Å²) in [6.45, 7) is 5.81. The molecule has 8 heteroatoms. The molecule has 31 heavy (non-hydrogen) atoms. The molecule has 0 unspecified atom stereocenters. The van der Waals surface area contributed by atoms with Crippen LogP contribution >= 0.6 is 0 Å². The highest BCUT2D eigenvalue weighted by molar-refractivity contribution is 6.23. The summed E-state index contributed by atoms with van der Waals surface area (Å²) in [5, 5.41) is 11.6. The first kappa shape index (κ1) is 19.7. The predicted molar refractivity (Wildman–Crippen MR) is 111 cm³/mol. The van der Waals surface area contributed by atoms with Gasteiger partial charge in [-0.05, 0) is 56.4 Å². The number of imide groups is 1. The largest absolute Gasteiger partial charge is 0.457 e. The lowest BCUT2D eigenvalue weighted by Gasteiger charge is -2.19. The van der Waals surface area contributed by atoms with Gasteiger partial charge in [-0.25, -0.2) is 4.90 Å². The van der Waals surface area contributed by atoms with Crippen LogP contribution in [0.2, 0.25) is 0 Å². The second-order valence-electron chi connectivity index (χ2n) is 8.60. The molecule has 0 saturated carbocycles. The molecular formula is C23H22N2O6. The van der Waals surface area contributed by atoms with E-state index in [4.69, 9.17) is 9.47 Å². The molecule has 0 N–H and O–H groups in total. The number of rotatable bonds is 4. The molecule has 3 heterocycles. The molecule has 3 aliphatic heterocycles. The Bertz CT molecular complexity index is 1120. The van der Waals surface area contributed by atoms with E-state index >= 15 is 0 Å². The van der Waals surface area contributed by atoms with E-state index in [0.717, 1.165) is 34.4 Å². The molecule has 2 aromatic rings. The number of hydrogen-bond acceptors (Lipinski definition) is 6. The van der Waals surface area contributed by atoms with Crippen LogP contribution in [0.15, 0.2) is 30.3 Å². The summed E-state index contributed by atoms with van der Waals surface area (Å²) in [5.74, 6) is -0.930. The molecule has 3 saturated heterocycles. The smallest absolute Gasteiger partial charge is 0.275 e. The summed E-state index contributed by atoms with van der Waals surface area (Å²) in [6.07, 6.45) is 1.02. The standard InChI is InChI=1S/C23H22N2O6/c1-11-6-12(2)13(3)19(7-11)30-16-9-14(8-15(10-16)25(28)29)24-22(26)20-17-4-5-18(31-17)21(20)23(24)27/h6-10,17-18,20-21H,4-5H2,1-3H3/t17-,18-,20-,21+/m0/s1. The fraction of sp³-hybridized carbons (Fsp3) is 0.391. The number of nitro groups is 1. The van der Waals surface area contributed by atoms with Gasteiger partial charge in [-0.2, -0.15) is 0 Å². The summed E-state index contributed by atoms with van der Waals surface area (Å²) < 4.78 is 11.8. The van der Waals surface area contributed by atoms with Crippen molar-refractivity contribution in [3.05, 3.63) is 57.1 Å². The average Bonchev–Trinajstić information content (AvgIpc) is 3.39. The third-order valence-corrected chi connectivity index (χ3v) is 6.62. The lowest BCUT2D eigenvalue weighted by Crippen LogP contribution is -2.34. The Kier molecular flexibility index (Phi) is 4.37. The zero-order valence-corrected chi connectivity index (χ0v) is 17.5. The molecule has 0 spiro atoms. The second kappa shape index (κ2) is 6.88. The van der Waals surface area contributed by atoms with Crippen molar-refractivity contribution in [1.82, 2.24) is 0 Å². The number of nitrogens with zero attached hydrogens (tertiary/aromatic N) is 2. The molecule has 0 aromatic heterocycles. The zero-order chi connectivity index (χ0) is 22.0. The predicted octanol–water partition coefficient (Wildman–Crippen LogP) is 3.98. The van der Waals surface area contributed by atoms with Crippen molar-refractivity contribution < 1.29 is 24.0 Å². The number of ether oxygens (including phenoxy) is 2. The van der Waals surface area contributed by atoms with Gasteiger partial charge in [0.1, 0.15) is 11.5 Å². The molecule has 0 aliphatic carbocycles. The van der Waals surface area contributed by atoms with Crippen molar-refractivity contribution in [1.29, 1.82) is 0 Å². The number of aryl methyl sites for hydroxylation is 2. The minimum Gasteiger partial charge on any atom is -0.457 e. The Morgan fingerprint density at radius 3 is 2.26 bits per heavy atom. The molecule has 2 amide bonds. The summed E-state index contributed by atoms with van der Waals surface area (Å²) in [7, 11) is 0. The first-order valence-electron chi connectivity index (χ1n) is 10.3. The number of anilines is 1. The molecular weight excluding hydrogens is 400 g/mol. The lowest BCUT2D eigenvalue weighted by atomic mass is 9.81. The van der Waals surface area contributed by atoms with E-state index in [1.165, 1.54) is 18.2 Å². The number of benzene rings is 2. The molecule has 160 valence electrons. The SMILES string of the molecule is Cc1cc(C)c(C)c(Oc2cc(N3C(=O)[C@@H]4[C@H](C3=O)[C@@H]3CC[C@@H]4O3)cc([N+](=O)[O-])c2)c1. The van der Waals surface area contributed by atoms with Crippen molar-refractivity contribution in [2.24, 2.45) is 11.8 Å². The number of non-ortho nitro benzene ring substituents is 1. The van der Waals surface area contributed by atoms with Crippen LogP contribution in [0.25, 0.3) is 0 Å². The first-order chi connectivity index (χ1) is 14.7. The van der Waals surface area contributed by atoms with Gasteiger partial charge >= 0.3 is 0 Å². The maximum absolute atomic E-state index is 13.1. The van der Waals surface area contributed by atoms with E-state index in [1.807, 2.05) is 32.9 Å². The van der Waals surface area contributed by atoms with Crippen LogP contribution in [0, 0.1) is 42.7 Å². The van der Waals surface area contributed by atoms with Crippen molar-refractivity contribution in [3.63, 3.8) is 0 Å². The lowest BCUT2D eigenvalue weighted by molar-refractivity contribution is -0.384. The molecule has 0 radical (unpaired) electrons. The highest BCUT2D eigenvalue weighted by Gasteiger charge is 2.62. The van der Waals surface area contributed by atoms with Gasteiger partial charge < -0.3 is 9.47 Å². The summed E-state index contributed by atoms with van der Waals surface area (Å²) in [4.78, 5) is 38.3. The number of amides is 2. The molecule has 3 fully saturated rings. The van der Waals surface area contributed by atoms with Crippen LogP contribution in [0.4, 0.5) is 11.4 Å². The van der Waals surface area contributed by atoms with Gasteiger partial charge in [0.15, 0.2) is 0 Å². The minimum atomic E-state index is -0.552. The van der Waals surface area contributed by atoms with Crippen molar-refractivity contribution in [2.75, 3.05) is 4.90 Å². The van der Waals surface area contributed by atoms with Crippen LogP contribution in [0.1, 0.15) is 29.5 Å². The van der Waals surface area contributed by atoms with E-state index in [0.29, 0.717) is 5.75 Å². The zero-order valence-electron chi connectivity index (χ0n) is 17.5. The van der Waals surface area contributed by atoms with Gasteiger partial charge in [-0.1, -0.05) is 6.07 Å². The highest BCUT2D eigenvalue weighted by atomic mass is 16.6. The third-order valence-electron chi connectivity index (χ3n) is 6.62. The van der Waals surface area contributed by atoms with Gasteiger partial charge in [-0.15, -0.1) is 0 Å². The summed E-state index contributed by atoms with van der Waals surface area (Å²) in [5.41, 5.74) is 2.86. The number of carbonyl (C=O) groups excluding carboxylic acids is 2. The first-order valence-corrected chi connectivity index (χ1v) is 10.3. The Hall–Kier alpha value is -3.26. The maximum atomic E-state index is 13.1. The topological polar surface area (TPSA) is 99.0 Å². The van der Waals surface area contributed by atoms with Crippen molar-refractivity contribution >= 4 is 23.2 Å². The van der Waals surface area contributed by atoms with Crippen LogP contribution in [0.3, 0.4) is 0 Å². The van der Waals surface area contributed by atoms with E-state index in [-0.39, 0.29) is 41.1 Å². The van der Waals surface area contributed by atoms with Crippen LogP contribution in [0.5, 0.6) is 11.5 Å². The second-order valence-corrected chi connectivity index (χ2v) is 8.60. The van der Waals surface area contributed by atoms with Gasteiger partial charge in [-0.3, -0.25) is 19.7 Å². The van der Waals surface area contributed by atoms with E-state index in [9.17, 15) is 19.7 Å². The third kappa shape index (κ3) is 3.01. The fourth-order valence-electron chi connectivity index (χ4n) is 5.06. The molecule has 8 nitrogen and oxygen atoms in total. The fourth-order valence-corrected chi connectivity index (χ4v) is 5.06. The molecule has 3 aliphatic rings. The molecule has 4 atom stereocenters. The number of nitro benzene ring substituents is 1. The highest BCUT2D eigenvalue weighted by Crippen LogP contribution is 2.50. The summed E-state index contributed by atoms with van der Waals surface area (Å²) >= 11 is 0. The van der Waals surface area contributed by atoms with Crippen LogP contribution < -0.4 is 9.64 Å². The normalized spacial score (nSPS) is 26.5. The maximum Gasteiger partial charge on any atom is 0.275 e. The van der Waals surface area contributed by atoms with E-state index in [1.54, 1.807) is 0 Å². The monoisotopic (exact) mass is 422 g/mol. The van der Waals surface area contributed by atoms with Crippen LogP contribution in [-0.2, 0) is 14.3 Å². The van der Waals surface area contributed by atoms with Gasteiger partial charge in [0.2, 0.25) is 11.8 Å².